The molecule has 0 aliphatic carbocycles. The van der Waals surface area contributed by atoms with Crippen LogP contribution < -0.4 is 5.48 Å². The predicted octanol–water partition coefficient (Wildman–Crippen LogP) is 1.51. The number of nitrogens with zero attached hydrogens (tertiary/aromatic N) is 2. The van der Waals surface area contributed by atoms with Gasteiger partial charge in [0.05, 0.1) is 0 Å². The summed E-state index contributed by atoms with van der Waals surface area (Å²) in [6, 6.07) is 8.62. The van der Waals surface area contributed by atoms with E-state index >= 15 is 0 Å². The van der Waals surface area contributed by atoms with Crippen LogP contribution in [-0.2, 0) is 16.1 Å². The van der Waals surface area contributed by atoms with Gasteiger partial charge >= 0.3 is 6.03 Å². The smallest absolute Gasteiger partial charge is 0.308 e. The SMILES string of the molecule is CCN1C(=O)C(CCCC(=O)NO)N(Cc2ccccc2)C1=O. The predicted molar refractivity (Wildman–Crippen MR) is 82.3 cm³/mol. The molecule has 1 aliphatic rings. The molecule has 7 heteroatoms. The Kier molecular flexibility index (Phi) is 5.70. The molecule has 0 spiro atoms. The van der Waals surface area contributed by atoms with E-state index in [0.29, 0.717) is 25.9 Å². The molecule has 0 bridgehead atoms. The van der Waals surface area contributed by atoms with Gasteiger partial charge in [0.15, 0.2) is 0 Å². The highest BCUT2D eigenvalue weighted by molar-refractivity contribution is 6.04. The molecule has 1 atom stereocenters. The van der Waals surface area contributed by atoms with Gasteiger partial charge in [0.25, 0.3) is 5.91 Å². The fraction of sp³-hybridized carbons (Fsp3) is 0.438. The first-order valence-corrected chi connectivity index (χ1v) is 7.67. The summed E-state index contributed by atoms with van der Waals surface area (Å²) >= 11 is 0. The third kappa shape index (κ3) is 3.87. The molecule has 0 aromatic heterocycles. The number of amides is 4. The Morgan fingerprint density at radius 2 is 1.96 bits per heavy atom. The Morgan fingerprint density at radius 1 is 1.26 bits per heavy atom. The minimum atomic E-state index is -0.561. The summed E-state index contributed by atoms with van der Waals surface area (Å²) in [5, 5.41) is 8.51. The monoisotopic (exact) mass is 319 g/mol. The van der Waals surface area contributed by atoms with Gasteiger partial charge in [-0.2, -0.15) is 0 Å². The number of hydrogen-bond acceptors (Lipinski definition) is 4. The molecule has 0 radical (unpaired) electrons. The topological polar surface area (TPSA) is 89.9 Å². The summed E-state index contributed by atoms with van der Waals surface area (Å²) in [5.41, 5.74) is 2.52. The molecule has 4 amide bonds. The molecule has 7 nitrogen and oxygen atoms in total. The number of carbonyl (C=O) groups excluding carboxylic acids is 3. The van der Waals surface area contributed by atoms with E-state index in [1.807, 2.05) is 30.3 Å². The number of urea groups is 1. The molecule has 124 valence electrons. The zero-order chi connectivity index (χ0) is 16.8. The number of benzene rings is 1. The van der Waals surface area contributed by atoms with Crippen LogP contribution in [0.3, 0.4) is 0 Å². The third-order valence-electron chi connectivity index (χ3n) is 3.92. The number of hydroxylamine groups is 1. The van der Waals surface area contributed by atoms with E-state index in [1.54, 1.807) is 17.3 Å². The van der Waals surface area contributed by atoms with Gasteiger partial charge in [0, 0.05) is 19.5 Å². The lowest BCUT2D eigenvalue weighted by Crippen LogP contribution is -2.35. The molecule has 1 unspecified atom stereocenters. The second-order valence-corrected chi connectivity index (χ2v) is 5.42. The summed E-state index contributed by atoms with van der Waals surface area (Å²) in [5.74, 6) is -0.721. The first-order chi connectivity index (χ1) is 11.1. The lowest BCUT2D eigenvalue weighted by molar-refractivity contribution is -0.130. The van der Waals surface area contributed by atoms with Gasteiger partial charge in [-0.1, -0.05) is 30.3 Å². The van der Waals surface area contributed by atoms with E-state index < -0.39 is 11.9 Å². The van der Waals surface area contributed by atoms with E-state index in [4.69, 9.17) is 5.21 Å². The lowest BCUT2D eigenvalue weighted by atomic mass is 10.1. The molecule has 1 aromatic rings. The fourth-order valence-electron chi connectivity index (χ4n) is 2.74. The van der Waals surface area contributed by atoms with Gasteiger partial charge in [0.2, 0.25) is 5.91 Å². The van der Waals surface area contributed by atoms with Crippen molar-refractivity contribution < 1.29 is 19.6 Å². The van der Waals surface area contributed by atoms with Gasteiger partial charge < -0.3 is 4.90 Å². The summed E-state index contributed by atoms with van der Waals surface area (Å²) in [4.78, 5) is 38.7. The lowest BCUT2D eigenvalue weighted by Gasteiger charge is -2.21. The molecule has 1 aliphatic heterocycles. The van der Waals surface area contributed by atoms with Gasteiger partial charge in [-0.25, -0.2) is 10.3 Å². The molecule has 2 N–H and O–H groups in total. The average Bonchev–Trinajstić information content (AvgIpc) is 2.79. The van der Waals surface area contributed by atoms with Crippen LogP contribution >= 0.6 is 0 Å². The maximum Gasteiger partial charge on any atom is 0.327 e. The normalized spacial score (nSPS) is 17.7. The molecule has 23 heavy (non-hydrogen) atoms. The molecule has 1 saturated heterocycles. The fourth-order valence-corrected chi connectivity index (χ4v) is 2.74. The number of hydrogen-bond donors (Lipinski definition) is 2. The van der Waals surface area contributed by atoms with Crippen molar-refractivity contribution in [1.29, 1.82) is 0 Å². The number of likely N-dealkylation sites (N-methyl/N-ethyl adjacent to an activating group) is 1. The van der Waals surface area contributed by atoms with Crippen molar-refractivity contribution in [2.24, 2.45) is 0 Å². The van der Waals surface area contributed by atoms with E-state index in [2.05, 4.69) is 0 Å². The Bertz CT molecular complexity index is 576. The quantitative estimate of drug-likeness (QED) is 0.453. The molecule has 2 rings (SSSR count). The van der Waals surface area contributed by atoms with E-state index in [1.165, 1.54) is 4.90 Å². The van der Waals surface area contributed by atoms with Crippen LogP contribution in [0, 0.1) is 0 Å². The van der Waals surface area contributed by atoms with Crippen molar-refractivity contribution in [1.82, 2.24) is 15.3 Å². The minimum absolute atomic E-state index is 0.111. The number of rotatable bonds is 7. The van der Waals surface area contributed by atoms with Crippen LogP contribution in [0.4, 0.5) is 4.79 Å². The maximum absolute atomic E-state index is 12.4. The number of carbonyl (C=O) groups is 3. The Hall–Kier alpha value is -2.41. The van der Waals surface area contributed by atoms with Crippen molar-refractivity contribution >= 4 is 17.8 Å². The third-order valence-corrected chi connectivity index (χ3v) is 3.92. The van der Waals surface area contributed by atoms with Crippen LogP contribution in [0.5, 0.6) is 0 Å². The Morgan fingerprint density at radius 3 is 2.57 bits per heavy atom. The number of nitrogens with one attached hydrogen (secondary N) is 1. The van der Waals surface area contributed by atoms with Crippen LogP contribution in [-0.4, -0.2) is 45.4 Å². The minimum Gasteiger partial charge on any atom is -0.308 e. The van der Waals surface area contributed by atoms with Crippen molar-refractivity contribution in [3.63, 3.8) is 0 Å². The van der Waals surface area contributed by atoms with E-state index in [9.17, 15) is 14.4 Å². The molecule has 1 heterocycles. The van der Waals surface area contributed by atoms with Crippen LogP contribution in [0.2, 0.25) is 0 Å². The van der Waals surface area contributed by atoms with Gasteiger partial charge in [-0.15, -0.1) is 0 Å². The second kappa shape index (κ2) is 7.73. The summed E-state index contributed by atoms with van der Waals surface area (Å²) in [6.07, 6.45) is 0.917. The van der Waals surface area contributed by atoms with E-state index in [0.717, 1.165) is 5.56 Å². The standard InChI is InChI=1S/C16H21N3O4/c1-2-18-15(21)13(9-6-10-14(20)17-23)19(16(18)22)11-12-7-4-3-5-8-12/h3-5,7-8,13,23H,2,6,9-11H2,1H3,(H,17,20). The van der Waals surface area contributed by atoms with Crippen LogP contribution in [0.1, 0.15) is 31.7 Å². The molecule has 0 saturated carbocycles. The highest BCUT2D eigenvalue weighted by Crippen LogP contribution is 2.24. The summed E-state index contributed by atoms with van der Waals surface area (Å²) in [6.45, 7) is 2.45. The number of imide groups is 1. The Labute approximate surface area is 134 Å². The first kappa shape index (κ1) is 17.0. The molecular formula is C16H21N3O4. The summed E-state index contributed by atoms with van der Waals surface area (Å²) in [7, 11) is 0. The molecule has 1 aromatic carbocycles. The average molecular weight is 319 g/mol. The summed E-state index contributed by atoms with van der Waals surface area (Å²) < 4.78 is 0. The first-order valence-electron chi connectivity index (χ1n) is 7.67. The maximum atomic E-state index is 12.4. The Balaban J connectivity index is 2.09. The molecule has 1 fully saturated rings. The highest BCUT2D eigenvalue weighted by atomic mass is 16.5. The zero-order valence-corrected chi connectivity index (χ0v) is 13.1. The molecular weight excluding hydrogens is 298 g/mol. The second-order valence-electron chi connectivity index (χ2n) is 5.42. The van der Waals surface area contributed by atoms with Crippen molar-refractivity contribution in [2.75, 3.05) is 6.54 Å². The largest absolute Gasteiger partial charge is 0.327 e. The van der Waals surface area contributed by atoms with Crippen LogP contribution in [0.15, 0.2) is 30.3 Å². The van der Waals surface area contributed by atoms with Gasteiger partial charge in [0.1, 0.15) is 6.04 Å². The van der Waals surface area contributed by atoms with E-state index in [-0.39, 0.29) is 18.4 Å². The highest BCUT2D eigenvalue weighted by Gasteiger charge is 2.43. The zero-order valence-electron chi connectivity index (χ0n) is 13.1. The van der Waals surface area contributed by atoms with Crippen molar-refractivity contribution in [3.8, 4) is 0 Å². The van der Waals surface area contributed by atoms with Gasteiger partial charge in [-0.05, 0) is 25.3 Å². The van der Waals surface area contributed by atoms with Crippen LogP contribution in [0.25, 0.3) is 0 Å². The van der Waals surface area contributed by atoms with Crippen molar-refractivity contribution in [2.45, 2.75) is 38.8 Å². The van der Waals surface area contributed by atoms with Crippen molar-refractivity contribution in [3.05, 3.63) is 35.9 Å². The van der Waals surface area contributed by atoms with Gasteiger partial charge in [-0.3, -0.25) is 19.7 Å².